The molecule has 0 atom stereocenters. The van der Waals surface area contributed by atoms with Gasteiger partial charge in [0, 0.05) is 37.5 Å². The van der Waals surface area contributed by atoms with E-state index in [9.17, 15) is 9.18 Å². The van der Waals surface area contributed by atoms with Crippen LogP contribution in [0.15, 0.2) is 48.5 Å². The molecule has 0 spiro atoms. The monoisotopic (exact) mass is 457 g/mol. The number of likely N-dealkylation sites (tertiary alicyclic amines) is 1. The van der Waals surface area contributed by atoms with Crippen LogP contribution in [-0.2, 0) is 6.42 Å². The maximum atomic E-state index is 13.0. The van der Waals surface area contributed by atoms with Gasteiger partial charge in [-0.3, -0.25) is 4.79 Å². The minimum Gasteiger partial charge on any atom is -0.325 e. The third-order valence-corrected chi connectivity index (χ3v) is 6.39. The first-order chi connectivity index (χ1) is 15.2. The highest BCUT2D eigenvalue weighted by atomic mass is 35.5. The van der Waals surface area contributed by atoms with E-state index in [0.717, 1.165) is 50.8 Å². The summed E-state index contributed by atoms with van der Waals surface area (Å²) in [5.41, 5.74) is 2.97. The fraction of sp³-hybridized carbons (Fsp3) is 0.462. The number of carbonyl (C=O) groups excluding carboxylic acids is 1. The summed E-state index contributed by atoms with van der Waals surface area (Å²) in [5, 5.41) is 0. The van der Waals surface area contributed by atoms with Crippen LogP contribution in [0.4, 0.5) is 4.39 Å². The Morgan fingerprint density at radius 3 is 2.50 bits per heavy atom. The second-order valence-electron chi connectivity index (χ2n) is 8.60. The van der Waals surface area contributed by atoms with E-state index in [1.807, 2.05) is 0 Å². The number of Topliss-reactive ketones (excluding diaryl/α,β-unsaturated/α-hetero) is 1. The number of fused-ring (bicyclic) bond motifs is 1. The maximum absolute atomic E-state index is 13.0. The average Bonchev–Trinajstić information content (AvgIpc) is 3.17. The summed E-state index contributed by atoms with van der Waals surface area (Å²) < 4.78 is 15.5. The lowest BCUT2D eigenvalue weighted by Crippen LogP contribution is -2.35. The number of aryl methyl sites for hydroxylation is 1. The van der Waals surface area contributed by atoms with Gasteiger partial charge in [-0.25, -0.2) is 9.37 Å². The van der Waals surface area contributed by atoms with Crippen LogP contribution in [0.1, 0.15) is 67.7 Å². The number of piperidine rings is 1. The third-order valence-electron chi connectivity index (χ3n) is 6.39. The molecule has 4 nitrogen and oxygen atoms in total. The smallest absolute Gasteiger partial charge is 0.162 e. The van der Waals surface area contributed by atoms with Crippen LogP contribution < -0.4 is 0 Å². The standard InChI is InChI=1S/C26H32FN3O.ClH/c1-2-3-10-26-28-23-7-4-5-8-24(23)30(26)22-15-18-29(19-16-22)17-6-9-25(31)20-11-13-21(27)14-12-20;/h4-5,7-8,11-14,22H,2-3,6,9-10,15-19H2,1H3;1H. The number of hydrogen-bond acceptors (Lipinski definition) is 3. The predicted molar refractivity (Wildman–Crippen MR) is 130 cm³/mol. The molecule has 1 aliphatic rings. The number of benzene rings is 2. The van der Waals surface area contributed by atoms with Crippen molar-refractivity contribution in [2.75, 3.05) is 19.6 Å². The molecule has 1 saturated heterocycles. The lowest BCUT2D eigenvalue weighted by molar-refractivity contribution is 0.0970. The largest absolute Gasteiger partial charge is 0.325 e. The van der Waals surface area contributed by atoms with Crippen molar-refractivity contribution in [1.82, 2.24) is 14.5 Å². The zero-order valence-corrected chi connectivity index (χ0v) is 19.6. The van der Waals surface area contributed by atoms with Gasteiger partial charge in [0.05, 0.1) is 11.0 Å². The van der Waals surface area contributed by atoms with Crippen LogP contribution in [-0.4, -0.2) is 39.9 Å². The van der Waals surface area contributed by atoms with Gasteiger partial charge in [-0.1, -0.05) is 25.5 Å². The Morgan fingerprint density at radius 1 is 1.06 bits per heavy atom. The summed E-state index contributed by atoms with van der Waals surface area (Å²) >= 11 is 0. The summed E-state index contributed by atoms with van der Waals surface area (Å²) in [6.07, 6.45) is 6.98. The topological polar surface area (TPSA) is 38.1 Å². The van der Waals surface area contributed by atoms with Gasteiger partial charge in [-0.2, -0.15) is 0 Å². The number of carbonyl (C=O) groups is 1. The van der Waals surface area contributed by atoms with Crippen LogP contribution >= 0.6 is 12.4 Å². The zero-order chi connectivity index (χ0) is 21.6. The highest BCUT2D eigenvalue weighted by Gasteiger charge is 2.24. The molecule has 3 aromatic rings. The average molecular weight is 458 g/mol. The highest BCUT2D eigenvalue weighted by Crippen LogP contribution is 2.29. The Kier molecular flexibility index (Phi) is 8.83. The van der Waals surface area contributed by atoms with E-state index in [1.165, 1.54) is 36.3 Å². The van der Waals surface area contributed by atoms with Crippen molar-refractivity contribution in [2.45, 2.75) is 57.9 Å². The van der Waals surface area contributed by atoms with Gasteiger partial charge in [0.2, 0.25) is 0 Å². The number of hydrogen-bond donors (Lipinski definition) is 0. The van der Waals surface area contributed by atoms with Gasteiger partial charge in [0.15, 0.2) is 5.78 Å². The maximum Gasteiger partial charge on any atom is 0.162 e. The molecule has 4 rings (SSSR count). The van der Waals surface area contributed by atoms with Crippen LogP contribution in [0.25, 0.3) is 11.0 Å². The summed E-state index contributed by atoms with van der Waals surface area (Å²) in [5.74, 6) is 1.02. The van der Waals surface area contributed by atoms with Crippen molar-refractivity contribution in [2.24, 2.45) is 0 Å². The number of nitrogens with zero attached hydrogens (tertiary/aromatic N) is 3. The van der Waals surface area contributed by atoms with E-state index in [0.29, 0.717) is 18.0 Å². The van der Waals surface area contributed by atoms with E-state index in [4.69, 9.17) is 4.98 Å². The normalized spacial score (nSPS) is 15.1. The minimum absolute atomic E-state index is 0. The molecule has 32 heavy (non-hydrogen) atoms. The number of rotatable bonds is 9. The number of halogens is 2. The lowest BCUT2D eigenvalue weighted by atomic mass is 10.0. The Morgan fingerprint density at radius 2 is 1.78 bits per heavy atom. The van der Waals surface area contributed by atoms with Gasteiger partial charge < -0.3 is 9.47 Å². The molecule has 0 amide bonds. The molecule has 2 heterocycles. The molecule has 0 unspecified atom stereocenters. The Balaban J connectivity index is 0.00000289. The van der Waals surface area contributed by atoms with Crippen molar-refractivity contribution in [3.63, 3.8) is 0 Å². The Labute approximate surface area is 196 Å². The summed E-state index contributed by atoms with van der Waals surface area (Å²) in [4.78, 5) is 19.7. The first-order valence-corrected chi connectivity index (χ1v) is 11.6. The molecular formula is C26H33ClFN3O. The van der Waals surface area contributed by atoms with Crippen molar-refractivity contribution in [1.29, 1.82) is 0 Å². The van der Waals surface area contributed by atoms with Crippen molar-refractivity contribution < 1.29 is 9.18 Å². The molecular weight excluding hydrogens is 425 g/mol. The molecule has 1 aromatic heterocycles. The summed E-state index contributed by atoms with van der Waals surface area (Å²) in [6, 6.07) is 14.9. The zero-order valence-electron chi connectivity index (χ0n) is 18.8. The van der Waals surface area contributed by atoms with Gasteiger partial charge in [0.1, 0.15) is 11.6 Å². The fourth-order valence-electron chi connectivity index (χ4n) is 4.66. The van der Waals surface area contributed by atoms with E-state index >= 15 is 0 Å². The number of ketones is 1. The SMILES string of the molecule is CCCCc1nc2ccccc2n1C1CCN(CCCC(=O)c2ccc(F)cc2)CC1.Cl. The van der Waals surface area contributed by atoms with E-state index < -0.39 is 0 Å². The van der Waals surface area contributed by atoms with Crippen molar-refractivity contribution >= 4 is 29.2 Å². The number of para-hydroxylation sites is 2. The molecule has 0 bridgehead atoms. The third kappa shape index (κ3) is 5.76. The fourth-order valence-corrected chi connectivity index (χ4v) is 4.66. The van der Waals surface area contributed by atoms with E-state index in [1.54, 1.807) is 12.1 Å². The predicted octanol–water partition coefficient (Wildman–Crippen LogP) is 6.24. The number of imidazole rings is 1. The van der Waals surface area contributed by atoms with Crippen LogP contribution in [0.3, 0.4) is 0 Å². The summed E-state index contributed by atoms with van der Waals surface area (Å²) in [7, 11) is 0. The first-order valence-electron chi connectivity index (χ1n) is 11.6. The first kappa shape index (κ1) is 24.4. The van der Waals surface area contributed by atoms with E-state index in [-0.39, 0.29) is 24.0 Å². The molecule has 0 saturated carbocycles. The van der Waals surface area contributed by atoms with Gasteiger partial charge in [-0.15, -0.1) is 12.4 Å². The molecule has 6 heteroatoms. The van der Waals surface area contributed by atoms with E-state index in [2.05, 4.69) is 40.7 Å². The second kappa shape index (κ2) is 11.6. The molecule has 0 radical (unpaired) electrons. The van der Waals surface area contributed by atoms with Gasteiger partial charge >= 0.3 is 0 Å². The molecule has 0 aliphatic carbocycles. The molecule has 1 fully saturated rings. The van der Waals surface area contributed by atoms with Crippen molar-refractivity contribution in [3.05, 3.63) is 65.7 Å². The molecule has 2 aromatic carbocycles. The van der Waals surface area contributed by atoms with Crippen molar-refractivity contribution in [3.8, 4) is 0 Å². The highest BCUT2D eigenvalue weighted by molar-refractivity contribution is 5.95. The molecule has 0 N–H and O–H groups in total. The second-order valence-corrected chi connectivity index (χ2v) is 8.60. The van der Waals surface area contributed by atoms with Crippen LogP contribution in [0.2, 0.25) is 0 Å². The van der Waals surface area contributed by atoms with Gasteiger partial charge in [-0.05, 0) is 68.6 Å². The number of aromatic nitrogens is 2. The van der Waals surface area contributed by atoms with Crippen LogP contribution in [0.5, 0.6) is 0 Å². The molecule has 1 aliphatic heterocycles. The Bertz CT molecular complexity index is 1010. The molecule has 172 valence electrons. The van der Waals surface area contributed by atoms with Crippen LogP contribution in [0, 0.1) is 5.82 Å². The van der Waals surface area contributed by atoms with Gasteiger partial charge in [0.25, 0.3) is 0 Å². The summed E-state index contributed by atoms with van der Waals surface area (Å²) in [6.45, 7) is 5.27. The number of unbranched alkanes of at least 4 members (excludes halogenated alkanes) is 1. The minimum atomic E-state index is -0.303. The lowest BCUT2D eigenvalue weighted by Gasteiger charge is -2.33. The Hall–Kier alpha value is -2.24. The quantitative estimate of drug-likeness (QED) is 0.357.